The largest absolute Gasteiger partial charge is 0.326 e. The van der Waals surface area contributed by atoms with E-state index < -0.39 is 0 Å². The highest BCUT2D eigenvalue weighted by molar-refractivity contribution is 5.26. The van der Waals surface area contributed by atoms with E-state index in [2.05, 4.69) is 45.1 Å². The Morgan fingerprint density at radius 3 is 2.48 bits per heavy atom. The van der Waals surface area contributed by atoms with Crippen molar-refractivity contribution in [1.29, 1.82) is 0 Å². The molecule has 5 unspecified atom stereocenters. The zero-order chi connectivity index (χ0) is 15.6. The van der Waals surface area contributed by atoms with Gasteiger partial charge in [-0.3, -0.25) is 0 Å². The number of hydrogen-bond acceptors (Lipinski definition) is 5. The van der Waals surface area contributed by atoms with Crippen LogP contribution >= 0.6 is 0 Å². The van der Waals surface area contributed by atoms with Gasteiger partial charge in [0, 0.05) is 25.3 Å². The summed E-state index contributed by atoms with van der Waals surface area (Å²) >= 11 is 0. The highest BCUT2D eigenvalue weighted by atomic mass is 15.2. The fourth-order valence-corrected chi connectivity index (χ4v) is 4.56. The van der Waals surface area contributed by atoms with Crippen LogP contribution < -0.4 is 16.4 Å². The Balaban J connectivity index is 1.55. The molecule has 5 atom stereocenters. The van der Waals surface area contributed by atoms with Crippen LogP contribution in [0.4, 0.5) is 0 Å². The van der Waals surface area contributed by atoms with Gasteiger partial charge in [-0.2, -0.15) is 10.2 Å². The maximum absolute atomic E-state index is 5.72. The van der Waals surface area contributed by atoms with Gasteiger partial charge in [0.05, 0.1) is 12.6 Å². The van der Waals surface area contributed by atoms with Gasteiger partial charge >= 0.3 is 0 Å². The zero-order valence-corrected chi connectivity index (χ0v) is 13.6. The number of rotatable bonds is 2. The minimum atomic E-state index is 0.228. The van der Waals surface area contributed by atoms with Crippen molar-refractivity contribution in [2.24, 2.45) is 27.8 Å². The lowest BCUT2D eigenvalue weighted by molar-refractivity contribution is 0.185. The van der Waals surface area contributed by atoms with Gasteiger partial charge in [-0.05, 0) is 48.6 Å². The molecule has 4 N–H and O–H groups in total. The summed E-state index contributed by atoms with van der Waals surface area (Å²) in [6.45, 7) is 2.47. The molecule has 3 aliphatic rings. The van der Waals surface area contributed by atoms with E-state index in [4.69, 9.17) is 5.73 Å². The molecule has 2 fully saturated rings. The van der Waals surface area contributed by atoms with Crippen LogP contribution in [0.15, 0.2) is 34.5 Å². The predicted octanol–water partition coefficient (Wildman–Crippen LogP) is 2.35. The molecule has 5 nitrogen and oxygen atoms in total. The Hall–Kier alpha value is -1.30. The van der Waals surface area contributed by atoms with Crippen LogP contribution in [0.2, 0.25) is 0 Å². The molecule has 1 aromatic carbocycles. The lowest BCUT2D eigenvalue weighted by atomic mass is 9.73. The molecule has 2 heterocycles. The van der Waals surface area contributed by atoms with Gasteiger partial charge in [-0.25, -0.2) is 0 Å². The second-order valence-electron chi connectivity index (χ2n) is 7.21. The fraction of sp³-hybridized carbons (Fsp3) is 0.667. The standard InChI is InChI=1S/C18H27N5/c19-9-12-1-3-13(4-2-12)18-15-6-8-17-16(20-11-21-17)7-5-14(15)10-22-23-18/h1-4,14-18,20-21H,5-11,19H2. The van der Waals surface area contributed by atoms with Crippen LogP contribution in [0.5, 0.6) is 0 Å². The van der Waals surface area contributed by atoms with E-state index in [1.165, 1.54) is 36.8 Å². The van der Waals surface area contributed by atoms with Crippen LogP contribution in [0.3, 0.4) is 0 Å². The molecule has 0 radical (unpaired) electrons. The third kappa shape index (κ3) is 3.05. The van der Waals surface area contributed by atoms with E-state index in [0.29, 0.717) is 30.5 Å². The number of benzene rings is 1. The normalized spacial score (nSPS) is 36.8. The lowest BCUT2D eigenvalue weighted by Crippen LogP contribution is -2.39. The molecular weight excluding hydrogens is 286 g/mol. The van der Waals surface area contributed by atoms with Gasteiger partial charge < -0.3 is 16.4 Å². The summed E-state index contributed by atoms with van der Waals surface area (Å²) in [7, 11) is 0. The molecule has 124 valence electrons. The first-order valence-corrected chi connectivity index (χ1v) is 8.97. The second kappa shape index (κ2) is 6.67. The van der Waals surface area contributed by atoms with E-state index >= 15 is 0 Å². The summed E-state index contributed by atoms with van der Waals surface area (Å²) in [6.07, 6.45) is 5.00. The number of fused-ring (bicyclic) bond motifs is 2. The number of hydrogen-bond donors (Lipinski definition) is 3. The average Bonchev–Trinajstić information content (AvgIpc) is 3.03. The van der Waals surface area contributed by atoms with Crippen molar-refractivity contribution in [2.75, 3.05) is 13.2 Å². The van der Waals surface area contributed by atoms with Crippen molar-refractivity contribution in [1.82, 2.24) is 10.6 Å². The molecule has 5 heteroatoms. The Morgan fingerprint density at radius 2 is 1.74 bits per heavy atom. The van der Waals surface area contributed by atoms with Crippen molar-refractivity contribution >= 4 is 0 Å². The first-order chi connectivity index (χ1) is 11.3. The third-order valence-corrected chi connectivity index (χ3v) is 5.96. The van der Waals surface area contributed by atoms with Crippen molar-refractivity contribution in [3.63, 3.8) is 0 Å². The van der Waals surface area contributed by atoms with Crippen LogP contribution in [0.25, 0.3) is 0 Å². The molecule has 2 aliphatic heterocycles. The Kier molecular flexibility index (Phi) is 4.42. The summed E-state index contributed by atoms with van der Waals surface area (Å²) < 4.78 is 0. The summed E-state index contributed by atoms with van der Waals surface area (Å²) in [5, 5.41) is 16.4. The minimum Gasteiger partial charge on any atom is -0.326 e. The van der Waals surface area contributed by atoms with Gasteiger partial charge in [-0.15, -0.1) is 0 Å². The van der Waals surface area contributed by atoms with E-state index in [1.54, 1.807) is 0 Å². The van der Waals surface area contributed by atoms with Gasteiger partial charge in [0.2, 0.25) is 0 Å². The smallest absolute Gasteiger partial charge is 0.0989 e. The van der Waals surface area contributed by atoms with E-state index in [9.17, 15) is 0 Å². The molecule has 0 amide bonds. The molecule has 0 bridgehead atoms. The number of nitrogens with zero attached hydrogens (tertiary/aromatic N) is 2. The van der Waals surface area contributed by atoms with Crippen LogP contribution in [0.1, 0.15) is 42.9 Å². The molecule has 4 rings (SSSR count). The van der Waals surface area contributed by atoms with Crippen molar-refractivity contribution < 1.29 is 0 Å². The monoisotopic (exact) mass is 313 g/mol. The van der Waals surface area contributed by atoms with Gasteiger partial charge in [0.1, 0.15) is 0 Å². The Morgan fingerprint density at radius 1 is 1.00 bits per heavy atom. The summed E-state index contributed by atoms with van der Waals surface area (Å²) in [6, 6.07) is 10.2. The first-order valence-electron chi connectivity index (χ1n) is 8.97. The van der Waals surface area contributed by atoms with Crippen molar-refractivity contribution in [2.45, 2.75) is 50.4 Å². The van der Waals surface area contributed by atoms with Gasteiger partial charge in [-0.1, -0.05) is 24.3 Å². The maximum atomic E-state index is 5.72. The molecule has 1 saturated heterocycles. The zero-order valence-electron chi connectivity index (χ0n) is 13.6. The van der Waals surface area contributed by atoms with Gasteiger partial charge in [0.25, 0.3) is 0 Å². The number of azo groups is 1. The highest BCUT2D eigenvalue weighted by Gasteiger charge is 2.38. The average molecular weight is 313 g/mol. The van der Waals surface area contributed by atoms with Crippen LogP contribution in [0, 0.1) is 11.8 Å². The lowest BCUT2D eigenvalue weighted by Gasteiger charge is -2.37. The Bertz CT molecular complexity index is 555. The predicted molar refractivity (Wildman–Crippen MR) is 91.0 cm³/mol. The summed E-state index contributed by atoms with van der Waals surface area (Å²) in [5.74, 6) is 1.30. The molecule has 1 aliphatic carbocycles. The molecule has 0 aromatic heterocycles. The summed E-state index contributed by atoms with van der Waals surface area (Å²) in [5.41, 5.74) is 8.20. The number of nitrogens with one attached hydrogen (secondary N) is 2. The Labute approximate surface area is 138 Å². The minimum absolute atomic E-state index is 0.228. The first kappa shape index (κ1) is 15.2. The molecular formula is C18H27N5. The molecule has 1 aromatic rings. The quantitative estimate of drug-likeness (QED) is 0.784. The van der Waals surface area contributed by atoms with E-state index in [1.807, 2.05) is 0 Å². The molecule has 1 saturated carbocycles. The summed E-state index contributed by atoms with van der Waals surface area (Å²) in [4.78, 5) is 0. The van der Waals surface area contributed by atoms with Crippen LogP contribution in [-0.2, 0) is 6.54 Å². The maximum Gasteiger partial charge on any atom is 0.0989 e. The van der Waals surface area contributed by atoms with E-state index in [-0.39, 0.29) is 6.04 Å². The number of nitrogens with two attached hydrogens (primary N) is 1. The SMILES string of the molecule is NCc1ccc(C2N=NCC3CCC4NCNC4CCC32)cc1. The molecule has 23 heavy (non-hydrogen) atoms. The van der Waals surface area contributed by atoms with Crippen LogP contribution in [-0.4, -0.2) is 25.3 Å². The third-order valence-electron chi connectivity index (χ3n) is 5.96. The topological polar surface area (TPSA) is 74.8 Å². The van der Waals surface area contributed by atoms with Gasteiger partial charge in [0.15, 0.2) is 0 Å². The fourth-order valence-electron chi connectivity index (χ4n) is 4.56. The van der Waals surface area contributed by atoms with E-state index in [0.717, 1.165) is 13.2 Å². The van der Waals surface area contributed by atoms with Crippen molar-refractivity contribution in [3.05, 3.63) is 35.4 Å². The molecule has 0 spiro atoms. The highest BCUT2D eigenvalue weighted by Crippen LogP contribution is 2.42. The van der Waals surface area contributed by atoms with Crippen molar-refractivity contribution in [3.8, 4) is 0 Å². The second-order valence-corrected chi connectivity index (χ2v) is 7.21.